The van der Waals surface area contributed by atoms with Crippen molar-refractivity contribution in [3.63, 3.8) is 0 Å². The summed E-state index contributed by atoms with van der Waals surface area (Å²) < 4.78 is 9.58. The summed E-state index contributed by atoms with van der Waals surface area (Å²) in [6, 6.07) is 29.5. The molecule has 0 spiro atoms. The molecule has 0 saturated heterocycles. The molecule has 0 unspecified atom stereocenters. The van der Waals surface area contributed by atoms with Crippen LogP contribution in [0.3, 0.4) is 0 Å². The van der Waals surface area contributed by atoms with Crippen molar-refractivity contribution >= 4 is 60.9 Å². The van der Waals surface area contributed by atoms with Gasteiger partial charge in [0.25, 0.3) is 6.71 Å². The molecular formula is C37H36BNOS. The highest BCUT2D eigenvalue weighted by Gasteiger charge is 2.48. The number of nitrogens with zero attached hydrogens (tertiary/aromatic N) is 1. The van der Waals surface area contributed by atoms with E-state index in [1.165, 1.54) is 59.5 Å². The van der Waals surface area contributed by atoms with E-state index >= 15 is 0 Å². The Hall–Kier alpha value is -3.50. The molecule has 41 heavy (non-hydrogen) atoms. The summed E-state index contributed by atoms with van der Waals surface area (Å²) in [5.41, 5.74) is 10.9. The Morgan fingerprint density at radius 2 is 1.54 bits per heavy atom. The first-order chi connectivity index (χ1) is 19.4. The van der Waals surface area contributed by atoms with Gasteiger partial charge in [-0.05, 0) is 92.7 Å². The Kier molecular flexibility index (Phi) is 4.97. The predicted molar refractivity (Wildman–Crippen MR) is 177 cm³/mol. The zero-order valence-electron chi connectivity index (χ0n) is 25.1. The summed E-state index contributed by atoms with van der Waals surface area (Å²) in [5.74, 6) is 2.01. The van der Waals surface area contributed by atoms with E-state index in [0.717, 1.165) is 17.9 Å². The fraction of sp³-hybridized carbons (Fsp3) is 0.297. The fourth-order valence-electron chi connectivity index (χ4n) is 7.94. The van der Waals surface area contributed by atoms with Gasteiger partial charge in [-0.1, -0.05) is 84.9 Å². The minimum Gasteiger partial charge on any atom is -0.458 e. The van der Waals surface area contributed by atoms with Crippen LogP contribution in [-0.4, -0.2) is 6.71 Å². The van der Waals surface area contributed by atoms with Crippen LogP contribution >= 0.6 is 11.3 Å². The molecule has 0 saturated carbocycles. The average molecular weight is 554 g/mol. The smallest absolute Gasteiger partial charge is 0.268 e. The lowest BCUT2D eigenvalue weighted by molar-refractivity contribution is 0.402. The molecule has 1 aliphatic carbocycles. The molecule has 204 valence electrons. The van der Waals surface area contributed by atoms with Crippen LogP contribution in [0.15, 0.2) is 78.9 Å². The number of para-hydroxylation sites is 1. The minimum absolute atomic E-state index is 0.0740. The standard InChI is InChI=1S/C37H36BNOS/c1-35(2,3)22-16-17-31-24(18-22)33-34(41-31)38-27-19-25-26(37(6,7)21-36(25,4)5)20-30(27)40-29-15-11-14-28(32(29)38)39(33)23-12-9-8-10-13-23/h8-20H,21H2,1-7H3. The highest BCUT2D eigenvalue weighted by molar-refractivity contribution is 7.33. The van der Waals surface area contributed by atoms with Crippen LogP contribution < -0.4 is 25.3 Å². The number of hydrogen-bond donors (Lipinski definition) is 0. The van der Waals surface area contributed by atoms with Gasteiger partial charge in [0.1, 0.15) is 11.5 Å². The molecule has 4 heteroatoms. The van der Waals surface area contributed by atoms with Crippen molar-refractivity contribution in [2.24, 2.45) is 0 Å². The summed E-state index contributed by atoms with van der Waals surface area (Å²) in [4.78, 5) is 2.49. The van der Waals surface area contributed by atoms with E-state index in [2.05, 4.69) is 132 Å². The number of fused-ring (bicyclic) bond motifs is 7. The van der Waals surface area contributed by atoms with Gasteiger partial charge in [-0.25, -0.2) is 0 Å². The van der Waals surface area contributed by atoms with E-state index < -0.39 is 0 Å². The van der Waals surface area contributed by atoms with Crippen LogP contribution in [0, 0.1) is 0 Å². The summed E-state index contributed by atoms with van der Waals surface area (Å²) in [5, 5.41) is 1.34. The third-order valence-electron chi connectivity index (χ3n) is 9.65. The molecule has 8 rings (SSSR count). The van der Waals surface area contributed by atoms with Gasteiger partial charge in [-0.2, -0.15) is 0 Å². The second-order valence-corrected chi connectivity index (χ2v) is 15.6. The molecule has 0 N–H and O–H groups in total. The van der Waals surface area contributed by atoms with Crippen molar-refractivity contribution in [3.05, 3.63) is 95.6 Å². The second-order valence-electron chi connectivity index (χ2n) is 14.6. The maximum atomic E-state index is 6.83. The van der Waals surface area contributed by atoms with Gasteiger partial charge >= 0.3 is 0 Å². The number of thiophene rings is 1. The van der Waals surface area contributed by atoms with Crippen LogP contribution in [0.2, 0.25) is 0 Å². The van der Waals surface area contributed by atoms with Crippen LogP contribution in [-0.2, 0) is 16.2 Å². The molecule has 0 atom stereocenters. The Morgan fingerprint density at radius 1 is 0.805 bits per heavy atom. The van der Waals surface area contributed by atoms with Crippen LogP contribution in [0.1, 0.15) is 71.6 Å². The van der Waals surface area contributed by atoms with Gasteiger partial charge in [-0.3, -0.25) is 0 Å². The van der Waals surface area contributed by atoms with Gasteiger partial charge < -0.3 is 9.64 Å². The quantitative estimate of drug-likeness (QED) is 0.189. The minimum atomic E-state index is 0.0740. The highest BCUT2D eigenvalue weighted by Crippen LogP contribution is 2.52. The number of hydrogen-bond acceptors (Lipinski definition) is 3. The molecule has 1 aromatic heterocycles. The van der Waals surface area contributed by atoms with Crippen molar-refractivity contribution in [1.82, 2.24) is 0 Å². The topological polar surface area (TPSA) is 12.5 Å². The molecular weight excluding hydrogens is 517 g/mol. The lowest BCUT2D eigenvalue weighted by atomic mass is 9.36. The van der Waals surface area contributed by atoms with Gasteiger partial charge in [0.05, 0.1) is 5.69 Å². The third kappa shape index (κ3) is 3.50. The third-order valence-corrected chi connectivity index (χ3v) is 10.9. The number of benzene rings is 4. The van der Waals surface area contributed by atoms with Gasteiger partial charge in [0.2, 0.25) is 0 Å². The number of rotatable bonds is 1. The molecule has 0 fully saturated rings. The van der Waals surface area contributed by atoms with Crippen LogP contribution in [0.5, 0.6) is 11.5 Å². The maximum absolute atomic E-state index is 6.83. The van der Waals surface area contributed by atoms with Gasteiger partial charge in [0, 0.05) is 26.2 Å². The van der Waals surface area contributed by atoms with Crippen molar-refractivity contribution < 1.29 is 4.74 Å². The first-order valence-electron chi connectivity index (χ1n) is 14.9. The van der Waals surface area contributed by atoms with Crippen molar-refractivity contribution in [1.29, 1.82) is 0 Å². The first kappa shape index (κ1) is 25.2. The zero-order chi connectivity index (χ0) is 28.5. The van der Waals surface area contributed by atoms with E-state index in [1.807, 2.05) is 11.3 Å². The van der Waals surface area contributed by atoms with E-state index in [0.29, 0.717) is 0 Å². The summed E-state index contributed by atoms with van der Waals surface area (Å²) in [7, 11) is 0. The SMILES string of the molecule is CC(C)(C)c1ccc2sc3c(c2c1)N(c1ccccc1)c1cccc2c1B3c1cc3c(cc1O2)C(C)(C)CC3(C)C. The van der Waals surface area contributed by atoms with E-state index in [-0.39, 0.29) is 23.0 Å². The average Bonchev–Trinajstić information content (AvgIpc) is 3.38. The maximum Gasteiger partial charge on any atom is 0.268 e. The molecule has 0 radical (unpaired) electrons. The molecule has 5 aromatic rings. The Bertz CT molecular complexity index is 1890. The van der Waals surface area contributed by atoms with Gasteiger partial charge in [0.15, 0.2) is 0 Å². The van der Waals surface area contributed by atoms with Gasteiger partial charge in [-0.15, -0.1) is 11.3 Å². The molecule has 0 amide bonds. The van der Waals surface area contributed by atoms with E-state index in [4.69, 9.17) is 4.74 Å². The molecule has 2 nitrogen and oxygen atoms in total. The van der Waals surface area contributed by atoms with Crippen LogP contribution in [0.4, 0.5) is 17.1 Å². The first-order valence-corrected chi connectivity index (χ1v) is 15.7. The predicted octanol–water partition coefficient (Wildman–Crippen LogP) is 8.56. The lowest BCUT2D eigenvalue weighted by Crippen LogP contribution is -2.58. The van der Waals surface area contributed by atoms with E-state index in [9.17, 15) is 0 Å². The number of anilines is 3. The highest BCUT2D eigenvalue weighted by atomic mass is 32.1. The Balaban J connectivity index is 1.47. The molecule has 0 bridgehead atoms. The molecule has 2 aliphatic heterocycles. The molecule has 3 aliphatic rings. The summed E-state index contributed by atoms with van der Waals surface area (Å²) >= 11 is 1.96. The van der Waals surface area contributed by atoms with E-state index in [1.54, 1.807) is 0 Å². The van der Waals surface area contributed by atoms with Crippen molar-refractivity contribution in [3.8, 4) is 11.5 Å². The molecule has 3 heterocycles. The van der Waals surface area contributed by atoms with Crippen molar-refractivity contribution in [2.45, 2.75) is 71.1 Å². The lowest BCUT2D eigenvalue weighted by Gasteiger charge is -2.39. The Labute approximate surface area is 248 Å². The largest absolute Gasteiger partial charge is 0.458 e. The fourth-order valence-corrected chi connectivity index (χ4v) is 9.24. The summed E-state index contributed by atoms with van der Waals surface area (Å²) in [6.45, 7) is 16.7. The second kappa shape index (κ2) is 8.07. The summed E-state index contributed by atoms with van der Waals surface area (Å²) in [6.07, 6.45) is 1.15. The van der Waals surface area contributed by atoms with Crippen molar-refractivity contribution in [2.75, 3.05) is 4.90 Å². The number of ether oxygens (including phenoxy) is 1. The molecule has 4 aromatic carbocycles. The normalized spacial score (nSPS) is 17.5. The monoisotopic (exact) mass is 553 g/mol. The van der Waals surface area contributed by atoms with Crippen LogP contribution in [0.25, 0.3) is 10.1 Å². The zero-order valence-corrected chi connectivity index (χ0v) is 25.9. The Morgan fingerprint density at radius 3 is 2.27 bits per heavy atom.